The minimum Gasteiger partial charge on any atom is -0.454 e. The number of rotatable bonds is 3. The third-order valence-electron chi connectivity index (χ3n) is 20.2. The number of aromatic nitrogens is 6. The predicted octanol–water partition coefficient (Wildman–Crippen LogP) is 24.9. The standard InChI is InChI=1S/C29H16N2O2.2C29H16N2OS/c1-2-6-19-17(5-1)9-14-24-27(19)22-12-11-21-20-7-3-4-8-25(20)33-29(21)28(22)31(24)18-10-13-23-26(15-18)32-16-30-23;1-2-8-19-18(7-1)26-21-10-4-6-12-25(21)33-29(26)27-20-9-3-5-11-23(20)31(28(19)27)17-13-14-22-24(15-17)32-16-30-22;1-2-8-19-18(7-1)26-20-9-3-5-11-23(20)31(17-13-14-22-24(15-17)32-16-30-22)28(26)29-27(19)21-10-4-6-12-25(21)33-29/h3*1-16H. The van der Waals surface area contributed by atoms with E-state index in [9.17, 15) is 0 Å². The van der Waals surface area contributed by atoms with Crippen LogP contribution >= 0.6 is 22.7 Å². The molecule has 0 aliphatic carbocycles. The summed E-state index contributed by atoms with van der Waals surface area (Å²) in [6.07, 6.45) is 4.51. The molecular weight excluding hydrogens is 1260 g/mol. The zero-order chi connectivity index (χ0) is 64.6. The van der Waals surface area contributed by atoms with E-state index >= 15 is 0 Å². The Labute approximate surface area is 567 Å². The lowest BCUT2D eigenvalue weighted by Gasteiger charge is -2.11. The van der Waals surface area contributed by atoms with Crippen molar-refractivity contribution in [3.05, 3.63) is 292 Å². The summed E-state index contributed by atoms with van der Waals surface area (Å²) in [5, 5.41) is 22.7. The summed E-state index contributed by atoms with van der Waals surface area (Å²) in [7, 11) is 0. The lowest BCUT2D eigenvalue weighted by Crippen LogP contribution is -1.94. The molecule has 0 N–H and O–H groups in total. The summed E-state index contributed by atoms with van der Waals surface area (Å²) >= 11 is 3.77. The van der Waals surface area contributed by atoms with Crippen molar-refractivity contribution in [1.82, 2.24) is 28.7 Å². The number of oxazole rings is 3. The summed E-state index contributed by atoms with van der Waals surface area (Å²) in [6.45, 7) is 0. The number of fused-ring (bicyclic) bond motifs is 32. The van der Waals surface area contributed by atoms with E-state index in [0.29, 0.717) is 0 Å². The molecule has 24 rings (SSSR count). The van der Waals surface area contributed by atoms with Crippen LogP contribution in [0.25, 0.3) is 210 Å². The summed E-state index contributed by atoms with van der Waals surface area (Å²) in [5.41, 5.74) is 17.0. The van der Waals surface area contributed by atoms with Crippen LogP contribution in [0.2, 0.25) is 0 Å². The summed E-state index contributed by atoms with van der Waals surface area (Å²) in [4.78, 5) is 12.9. The lowest BCUT2D eigenvalue weighted by atomic mass is 9.99. The number of furan rings is 1. The molecule has 9 aromatic heterocycles. The van der Waals surface area contributed by atoms with Gasteiger partial charge in [0.25, 0.3) is 0 Å². The lowest BCUT2D eigenvalue weighted by molar-refractivity contribution is 0.601. The van der Waals surface area contributed by atoms with Crippen molar-refractivity contribution >= 4 is 216 Å². The van der Waals surface area contributed by atoms with Gasteiger partial charge in [-0.25, -0.2) is 15.0 Å². The zero-order valence-electron chi connectivity index (χ0n) is 52.3. The van der Waals surface area contributed by atoms with Gasteiger partial charge in [0.2, 0.25) is 0 Å². The Morgan fingerprint density at radius 3 is 1.32 bits per heavy atom. The Morgan fingerprint density at radius 1 is 0.263 bits per heavy atom. The quantitative estimate of drug-likeness (QED) is 0.173. The SMILES string of the molecule is c1ccc2c(c1)ccc1c2c2ccc3c4ccccc4oc3c2n1-c1ccc2ncoc2c1.c1ccc2c(c1)sc1c2c2ccccc2c2c1c1ccccc1n2-c1ccc2ncoc2c1.c1ccc2c(c1)sc1c2c2ccccc2c2c3ccccc3n(-c3ccc4ncoc4c3)c12. The molecule has 0 unspecified atom stereocenters. The molecule has 0 saturated carbocycles. The third-order valence-corrected chi connectivity index (χ3v) is 22.5. The number of hydrogen-bond acceptors (Lipinski definition) is 9. The van der Waals surface area contributed by atoms with E-state index in [1.807, 2.05) is 53.0 Å². The Morgan fingerprint density at radius 2 is 0.707 bits per heavy atom. The van der Waals surface area contributed by atoms with Gasteiger partial charge in [0.1, 0.15) is 22.1 Å². The molecule has 0 aliphatic heterocycles. The van der Waals surface area contributed by atoms with Crippen LogP contribution in [0.1, 0.15) is 0 Å². The summed E-state index contributed by atoms with van der Waals surface area (Å²) < 4.78 is 35.8. The van der Waals surface area contributed by atoms with Crippen molar-refractivity contribution in [3.63, 3.8) is 0 Å². The van der Waals surface area contributed by atoms with Gasteiger partial charge in [0, 0.05) is 102 Å². The molecule has 0 amide bonds. The first-order valence-electron chi connectivity index (χ1n) is 32.9. The van der Waals surface area contributed by atoms with E-state index in [2.05, 4.69) is 271 Å². The normalized spacial score (nSPS) is 12.2. The van der Waals surface area contributed by atoms with Gasteiger partial charge >= 0.3 is 0 Å². The minimum absolute atomic E-state index is 0.764. The smallest absolute Gasteiger partial charge is 0.181 e. The van der Waals surface area contributed by atoms with Gasteiger partial charge in [-0.15, -0.1) is 22.7 Å². The predicted molar refractivity (Wildman–Crippen MR) is 411 cm³/mol. The van der Waals surface area contributed by atoms with Crippen molar-refractivity contribution in [2.75, 3.05) is 0 Å². The van der Waals surface area contributed by atoms with Crippen molar-refractivity contribution in [1.29, 1.82) is 0 Å². The second kappa shape index (κ2) is 20.8. The molecule has 0 fully saturated rings. The van der Waals surface area contributed by atoms with E-state index in [1.165, 1.54) is 146 Å². The number of nitrogens with zero attached hydrogens (tertiary/aromatic N) is 6. The number of para-hydroxylation sites is 3. The maximum Gasteiger partial charge on any atom is 0.181 e. The van der Waals surface area contributed by atoms with Crippen LogP contribution in [0.15, 0.2) is 310 Å². The van der Waals surface area contributed by atoms with Crippen LogP contribution in [-0.4, -0.2) is 28.7 Å². The van der Waals surface area contributed by atoms with Gasteiger partial charge in [-0.2, -0.15) is 0 Å². The molecule has 462 valence electrons. The second-order valence-electron chi connectivity index (χ2n) is 25.3. The number of hydrogen-bond donors (Lipinski definition) is 0. The Hall–Kier alpha value is -12.9. The van der Waals surface area contributed by atoms with Crippen LogP contribution in [0, 0.1) is 0 Å². The molecule has 9 heterocycles. The molecule has 24 aromatic rings. The molecule has 99 heavy (non-hydrogen) atoms. The van der Waals surface area contributed by atoms with Crippen molar-refractivity contribution in [3.8, 4) is 17.1 Å². The van der Waals surface area contributed by atoms with E-state index in [4.69, 9.17) is 17.7 Å². The molecule has 12 heteroatoms. The highest BCUT2D eigenvalue weighted by molar-refractivity contribution is 7.27. The van der Waals surface area contributed by atoms with Crippen LogP contribution in [-0.2, 0) is 0 Å². The molecule has 0 radical (unpaired) electrons. The van der Waals surface area contributed by atoms with Gasteiger partial charge < -0.3 is 31.4 Å². The first-order chi connectivity index (χ1) is 49.1. The highest BCUT2D eigenvalue weighted by Gasteiger charge is 2.26. The van der Waals surface area contributed by atoms with Crippen LogP contribution in [0.3, 0.4) is 0 Å². The number of benzene rings is 15. The van der Waals surface area contributed by atoms with E-state index in [1.54, 1.807) is 0 Å². The summed E-state index contributed by atoms with van der Waals surface area (Å²) in [5.74, 6) is 0. The Bertz CT molecular complexity index is 7460. The maximum absolute atomic E-state index is 6.49. The molecule has 10 nitrogen and oxygen atoms in total. The van der Waals surface area contributed by atoms with Crippen molar-refractivity contribution < 1.29 is 17.7 Å². The zero-order valence-corrected chi connectivity index (χ0v) is 54.0. The van der Waals surface area contributed by atoms with Crippen LogP contribution in [0.5, 0.6) is 0 Å². The largest absolute Gasteiger partial charge is 0.454 e. The van der Waals surface area contributed by atoms with E-state index in [0.717, 1.165) is 83.3 Å². The third kappa shape index (κ3) is 7.83. The van der Waals surface area contributed by atoms with Crippen LogP contribution in [0.4, 0.5) is 0 Å². The van der Waals surface area contributed by atoms with Gasteiger partial charge in [0.05, 0.1) is 54.9 Å². The van der Waals surface area contributed by atoms with Gasteiger partial charge in [-0.3, -0.25) is 0 Å². The summed E-state index contributed by atoms with van der Waals surface area (Å²) in [6, 6.07) is 96.9. The molecular formula is C87H48N6O4S2. The van der Waals surface area contributed by atoms with E-state index < -0.39 is 0 Å². The van der Waals surface area contributed by atoms with Crippen LogP contribution < -0.4 is 0 Å². The fraction of sp³-hybridized carbons (Fsp3) is 0. The number of thiophene rings is 2. The van der Waals surface area contributed by atoms with E-state index in [-0.39, 0.29) is 0 Å². The maximum atomic E-state index is 6.49. The van der Waals surface area contributed by atoms with Crippen molar-refractivity contribution in [2.24, 2.45) is 0 Å². The van der Waals surface area contributed by atoms with Crippen molar-refractivity contribution in [2.45, 2.75) is 0 Å². The molecule has 0 aliphatic rings. The molecule has 0 spiro atoms. The van der Waals surface area contributed by atoms with Gasteiger partial charge in [-0.05, 0) is 106 Å². The monoisotopic (exact) mass is 1300 g/mol. The molecule has 0 saturated heterocycles. The minimum atomic E-state index is 0.764. The fourth-order valence-electron chi connectivity index (χ4n) is 16.0. The molecule has 0 bridgehead atoms. The topological polar surface area (TPSA) is 106 Å². The first kappa shape index (κ1) is 54.4. The average molecular weight is 1310 g/mol. The Balaban J connectivity index is 0.0000000949. The fourth-order valence-corrected chi connectivity index (χ4v) is 18.6. The van der Waals surface area contributed by atoms with Gasteiger partial charge in [0.15, 0.2) is 41.5 Å². The molecule has 0 atom stereocenters. The average Bonchev–Trinajstić information content (AvgIpc) is 1.56. The van der Waals surface area contributed by atoms with Gasteiger partial charge in [-0.1, -0.05) is 176 Å². The highest BCUT2D eigenvalue weighted by atomic mass is 32.1. The second-order valence-corrected chi connectivity index (χ2v) is 27.4. The highest BCUT2D eigenvalue weighted by Crippen LogP contribution is 2.51. The first-order valence-corrected chi connectivity index (χ1v) is 34.5. The Kier molecular flexibility index (Phi) is 11.4. The molecule has 15 aromatic carbocycles.